The van der Waals surface area contributed by atoms with Gasteiger partial charge in [-0.3, -0.25) is 9.69 Å². The Hall–Kier alpha value is -4.27. The normalized spacial score (nSPS) is 16.7. The third-order valence-corrected chi connectivity index (χ3v) is 8.77. The van der Waals surface area contributed by atoms with Gasteiger partial charge in [0.2, 0.25) is 10.0 Å². The molecule has 2 amide bonds. The van der Waals surface area contributed by atoms with Crippen molar-refractivity contribution in [2.45, 2.75) is 43.4 Å². The van der Waals surface area contributed by atoms with Gasteiger partial charge in [-0.05, 0) is 42.2 Å². The number of nitrogens with zero attached hydrogens (tertiary/aromatic N) is 2. The Morgan fingerprint density at radius 1 is 1.05 bits per heavy atom. The van der Waals surface area contributed by atoms with Gasteiger partial charge < -0.3 is 25.4 Å². The quantitative estimate of drug-likeness (QED) is 0.222. The Labute approximate surface area is 253 Å². The van der Waals surface area contributed by atoms with E-state index in [-0.39, 0.29) is 36.0 Å². The van der Waals surface area contributed by atoms with E-state index in [0.29, 0.717) is 11.6 Å². The number of rotatable bonds is 12. The van der Waals surface area contributed by atoms with Crippen molar-refractivity contribution in [3.63, 3.8) is 0 Å². The molecule has 1 heterocycles. The first-order chi connectivity index (χ1) is 20.8. The molecule has 0 radical (unpaired) electrons. The fourth-order valence-electron chi connectivity index (χ4n) is 4.75. The highest BCUT2D eigenvalue weighted by molar-refractivity contribution is 7.89. The van der Waals surface area contributed by atoms with E-state index in [1.54, 1.807) is 44.2 Å². The summed E-state index contributed by atoms with van der Waals surface area (Å²) in [7, 11) is -4.28. The van der Waals surface area contributed by atoms with Crippen molar-refractivity contribution in [3.05, 3.63) is 83.9 Å². The molecule has 4 N–H and O–H groups in total. The molecule has 1 aliphatic rings. The second-order valence-corrected chi connectivity index (χ2v) is 12.8. The minimum absolute atomic E-state index is 0.0224. The maximum atomic E-state index is 14.3. The summed E-state index contributed by atoms with van der Waals surface area (Å²) < 4.78 is 61.0. The van der Waals surface area contributed by atoms with Crippen molar-refractivity contribution in [3.8, 4) is 11.5 Å². The molecule has 11 nitrogen and oxygen atoms in total. The first-order valence-corrected chi connectivity index (χ1v) is 15.2. The SMILES string of the molecule is CC(C)CN(C[C@@H](O)[C@H](Cc1ccccc1)NC(=O)[C@@H]1CN(c2ccc(F)cc2F)C(=O)O1)S(=O)(=O)c1ccc(O)c(O)c1. The maximum Gasteiger partial charge on any atom is 0.415 e. The van der Waals surface area contributed by atoms with Crippen molar-refractivity contribution in [1.29, 1.82) is 0 Å². The molecule has 1 aliphatic heterocycles. The predicted molar refractivity (Wildman–Crippen MR) is 155 cm³/mol. The van der Waals surface area contributed by atoms with Crippen LogP contribution in [0.5, 0.6) is 11.5 Å². The fraction of sp³-hybridized carbons (Fsp3) is 0.333. The lowest BCUT2D eigenvalue weighted by Crippen LogP contribution is -2.53. The number of hydrogen-bond donors (Lipinski definition) is 4. The van der Waals surface area contributed by atoms with Gasteiger partial charge in [-0.15, -0.1) is 0 Å². The second kappa shape index (κ2) is 13.6. The van der Waals surface area contributed by atoms with Crippen LogP contribution < -0.4 is 10.2 Å². The molecule has 236 valence electrons. The largest absolute Gasteiger partial charge is 0.504 e. The van der Waals surface area contributed by atoms with E-state index in [9.17, 15) is 42.1 Å². The first kappa shape index (κ1) is 32.6. The van der Waals surface area contributed by atoms with Crippen molar-refractivity contribution in [2.75, 3.05) is 24.5 Å². The molecule has 0 aromatic heterocycles. The van der Waals surface area contributed by atoms with Crippen LogP contribution >= 0.6 is 0 Å². The summed E-state index contributed by atoms with van der Waals surface area (Å²) in [5.74, 6) is -3.99. The fourth-order valence-corrected chi connectivity index (χ4v) is 6.39. The van der Waals surface area contributed by atoms with E-state index in [1.807, 2.05) is 0 Å². The Morgan fingerprint density at radius 2 is 1.75 bits per heavy atom. The van der Waals surface area contributed by atoms with Crippen molar-refractivity contribution < 1.29 is 46.8 Å². The van der Waals surface area contributed by atoms with Gasteiger partial charge in [-0.1, -0.05) is 44.2 Å². The van der Waals surface area contributed by atoms with Crippen LogP contribution in [0.2, 0.25) is 0 Å². The maximum absolute atomic E-state index is 14.3. The number of hydrogen-bond acceptors (Lipinski definition) is 8. The predicted octanol–water partition coefficient (Wildman–Crippen LogP) is 3.14. The Kier molecular flexibility index (Phi) is 10.1. The van der Waals surface area contributed by atoms with E-state index in [4.69, 9.17) is 4.74 Å². The zero-order valence-corrected chi connectivity index (χ0v) is 24.7. The van der Waals surface area contributed by atoms with Gasteiger partial charge in [0.15, 0.2) is 17.6 Å². The van der Waals surface area contributed by atoms with Gasteiger partial charge in [-0.2, -0.15) is 4.31 Å². The number of phenols is 2. The molecule has 1 fully saturated rings. The van der Waals surface area contributed by atoms with Crippen LogP contribution in [-0.4, -0.2) is 77.9 Å². The van der Waals surface area contributed by atoms with Crippen LogP contribution in [0.1, 0.15) is 19.4 Å². The summed E-state index contributed by atoms with van der Waals surface area (Å²) >= 11 is 0. The molecule has 3 aromatic carbocycles. The molecule has 0 unspecified atom stereocenters. The van der Waals surface area contributed by atoms with Gasteiger partial charge >= 0.3 is 6.09 Å². The number of carbonyl (C=O) groups is 2. The lowest BCUT2D eigenvalue weighted by atomic mass is 10.0. The lowest BCUT2D eigenvalue weighted by Gasteiger charge is -2.31. The van der Waals surface area contributed by atoms with Crippen molar-refractivity contribution in [1.82, 2.24) is 9.62 Å². The summed E-state index contributed by atoms with van der Waals surface area (Å²) in [6.45, 7) is 2.68. The summed E-state index contributed by atoms with van der Waals surface area (Å²) in [6.07, 6.45) is -3.84. The number of aromatic hydroxyl groups is 2. The van der Waals surface area contributed by atoms with Crippen LogP contribution in [-0.2, 0) is 26.0 Å². The molecule has 44 heavy (non-hydrogen) atoms. The highest BCUT2D eigenvalue weighted by atomic mass is 32.2. The number of benzene rings is 3. The number of amides is 2. The number of carbonyl (C=O) groups excluding carboxylic acids is 2. The molecule has 14 heteroatoms. The number of ether oxygens (including phenoxy) is 1. The molecule has 4 rings (SSSR count). The Morgan fingerprint density at radius 3 is 2.39 bits per heavy atom. The van der Waals surface area contributed by atoms with Crippen LogP contribution in [0.15, 0.2) is 71.6 Å². The molecule has 0 spiro atoms. The topological polar surface area (TPSA) is 157 Å². The minimum atomic E-state index is -4.28. The van der Waals surface area contributed by atoms with E-state index in [0.717, 1.165) is 39.5 Å². The molecular weight excluding hydrogens is 600 g/mol. The number of sulfonamides is 1. The highest BCUT2D eigenvalue weighted by Gasteiger charge is 2.40. The van der Waals surface area contributed by atoms with E-state index in [2.05, 4.69) is 5.32 Å². The van der Waals surface area contributed by atoms with E-state index < -0.39 is 70.0 Å². The number of aliphatic hydroxyl groups excluding tert-OH is 1. The number of phenolic OH excluding ortho intramolecular Hbond substituents is 2. The van der Waals surface area contributed by atoms with Crippen LogP contribution in [0.25, 0.3) is 0 Å². The van der Waals surface area contributed by atoms with Crippen LogP contribution in [0.4, 0.5) is 19.3 Å². The highest BCUT2D eigenvalue weighted by Crippen LogP contribution is 2.29. The summed E-state index contributed by atoms with van der Waals surface area (Å²) in [5, 5.41) is 33.6. The molecule has 0 bridgehead atoms. The number of halogens is 2. The minimum Gasteiger partial charge on any atom is -0.504 e. The van der Waals surface area contributed by atoms with Gasteiger partial charge in [0.05, 0.1) is 29.3 Å². The third-order valence-electron chi connectivity index (χ3n) is 6.94. The van der Waals surface area contributed by atoms with Crippen LogP contribution in [0.3, 0.4) is 0 Å². The van der Waals surface area contributed by atoms with Gasteiger partial charge in [0.25, 0.3) is 5.91 Å². The molecule has 3 aromatic rings. The number of anilines is 1. The molecular formula is C30H33F2N3O8S. The van der Waals surface area contributed by atoms with Crippen LogP contribution in [0, 0.1) is 17.6 Å². The van der Waals surface area contributed by atoms with Gasteiger partial charge in [0.1, 0.15) is 11.6 Å². The summed E-state index contributed by atoms with van der Waals surface area (Å²) in [4.78, 5) is 26.3. The molecule has 0 saturated carbocycles. The van der Waals surface area contributed by atoms with Gasteiger partial charge in [0, 0.05) is 25.2 Å². The second-order valence-electron chi connectivity index (χ2n) is 10.8. The molecule has 0 aliphatic carbocycles. The molecule has 1 saturated heterocycles. The number of nitrogens with one attached hydrogen (secondary N) is 1. The van der Waals surface area contributed by atoms with E-state index >= 15 is 0 Å². The standard InChI is InChI=1S/C30H33F2N3O8S/c1-18(2)15-34(44(41,42)21-9-11-25(36)26(37)14-21)16-27(38)23(12-19-6-4-3-5-7-19)33-29(39)28-17-35(30(40)43-28)24-10-8-20(31)13-22(24)32/h3-11,13-14,18,23,27-28,36-38H,12,15-17H2,1-2H3,(H,33,39)/t23-,27+,28-/m0/s1. The number of aliphatic hydroxyl groups is 1. The smallest absolute Gasteiger partial charge is 0.415 e. The summed E-state index contributed by atoms with van der Waals surface area (Å²) in [6, 6.07) is 13.4. The summed E-state index contributed by atoms with van der Waals surface area (Å²) in [5.41, 5.74) is 0.430. The first-order valence-electron chi connectivity index (χ1n) is 13.7. The van der Waals surface area contributed by atoms with Gasteiger partial charge in [-0.25, -0.2) is 22.0 Å². The molecule has 3 atom stereocenters. The average Bonchev–Trinajstić information content (AvgIpc) is 3.35. The Balaban J connectivity index is 1.57. The monoisotopic (exact) mass is 633 g/mol. The number of cyclic esters (lactones) is 1. The Bertz CT molecular complexity index is 1610. The zero-order chi connectivity index (χ0) is 32.2. The average molecular weight is 634 g/mol. The van der Waals surface area contributed by atoms with Crippen molar-refractivity contribution in [2.24, 2.45) is 5.92 Å². The van der Waals surface area contributed by atoms with E-state index in [1.165, 1.54) is 0 Å². The van der Waals surface area contributed by atoms with Crippen molar-refractivity contribution >= 4 is 27.7 Å². The zero-order valence-electron chi connectivity index (χ0n) is 23.9. The lowest BCUT2D eigenvalue weighted by molar-refractivity contribution is -0.129. The third kappa shape index (κ3) is 7.62.